The summed E-state index contributed by atoms with van der Waals surface area (Å²) in [6.07, 6.45) is 4.16. The summed E-state index contributed by atoms with van der Waals surface area (Å²) in [7, 11) is 0. The van der Waals surface area contributed by atoms with Crippen molar-refractivity contribution in [1.29, 1.82) is 0 Å². The lowest BCUT2D eigenvalue weighted by Gasteiger charge is -2.16. The minimum absolute atomic E-state index is 0.866. The lowest BCUT2D eigenvalue weighted by molar-refractivity contribution is 0.307. The Bertz CT molecular complexity index is 157. The highest BCUT2D eigenvalue weighted by Crippen LogP contribution is 2.16. The van der Waals surface area contributed by atoms with Crippen molar-refractivity contribution in [3.63, 3.8) is 0 Å². The largest absolute Gasteiger partial charge is 0.317 e. The van der Waals surface area contributed by atoms with Gasteiger partial charge in [-0.1, -0.05) is 20.8 Å². The molecule has 0 aromatic carbocycles. The van der Waals surface area contributed by atoms with Gasteiger partial charge in [0.1, 0.15) is 0 Å². The molecular formula is C13H28N2. The van der Waals surface area contributed by atoms with E-state index >= 15 is 0 Å². The number of hydrogen-bond donors (Lipinski definition) is 1. The van der Waals surface area contributed by atoms with Gasteiger partial charge < -0.3 is 10.2 Å². The van der Waals surface area contributed by atoms with E-state index < -0.39 is 0 Å². The molecule has 1 aliphatic rings. The Kier molecular flexibility index (Phi) is 6.26. The Morgan fingerprint density at radius 2 is 2.20 bits per heavy atom. The Labute approximate surface area is 95.4 Å². The fourth-order valence-corrected chi connectivity index (χ4v) is 2.35. The summed E-state index contributed by atoms with van der Waals surface area (Å²) in [6.45, 7) is 13.1. The van der Waals surface area contributed by atoms with E-state index in [2.05, 4.69) is 31.0 Å². The fraction of sp³-hybridized carbons (Fsp3) is 1.00. The van der Waals surface area contributed by atoms with Crippen LogP contribution in [0.1, 0.15) is 40.0 Å². The molecule has 0 aromatic heterocycles. The van der Waals surface area contributed by atoms with Crippen molar-refractivity contribution in [1.82, 2.24) is 10.2 Å². The molecule has 90 valence electrons. The van der Waals surface area contributed by atoms with Crippen molar-refractivity contribution in [2.75, 3.05) is 32.7 Å². The Balaban J connectivity index is 2.03. The first-order valence-electron chi connectivity index (χ1n) is 6.65. The summed E-state index contributed by atoms with van der Waals surface area (Å²) in [6, 6.07) is 0. The van der Waals surface area contributed by atoms with Gasteiger partial charge in [-0.2, -0.15) is 0 Å². The van der Waals surface area contributed by atoms with E-state index in [1.807, 2.05) is 0 Å². The van der Waals surface area contributed by atoms with Crippen LogP contribution in [0.4, 0.5) is 0 Å². The maximum absolute atomic E-state index is 3.46. The summed E-state index contributed by atoms with van der Waals surface area (Å²) in [5.41, 5.74) is 0. The third kappa shape index (κ3) is 5.53. The molecule has 0 radical (unpaired) electrons. The minimum Gasteiger partial charge on any atom is -0.317 e. The quantitative estimate of drug-likeness (QED) is 0.697. The second-order valence-corrected chi connectivity index (χ2v) is 5.30. The molecule has 1 unspecified atom stereocenters. The predicted molar refractivity (Wildman–Crippen MR) is 67.2 cm³/mol. The Morgan fingerprint density at radius 3 is 2.87 bits per heavy atom. The standard InChI is InChI=1S/C13H28N2/c1-4-14-10-13-7-9-15(11-13)8-5-6-12(2)3/h12-14H,4-11H2,1-3H3. The summed E-state index contributed by atoms with van der Waals surface area (Å²) in [4.78, 5) is 2.64. The SMILES string of the molecule is CCNCC1CCN(CCCC(C)C)C1. The normalized spacial score (nSPS) is 22.8. The highest BCUT2D eigenvalue weighted by molar-refractivity contribution is 4.76. The molecule has 1 saturated heterocycles. The Hall–Kier alpha value is -0.0800. The summed E-state index contributed by atoms with van der Waals surface area (Å²) >= 11 is 0. The van der Waals surface area contributed by atoms with Crippen molar-refractivity contribution in [3.05, 3.63) is 0 Å². The van der Waals surface area contributed by atoms with Crippen LogP contribution in [0.5, 0.6) is 0 Å². The number of nitrogens with zero attached hydrogens (tertiary/aromatic N) is 1. The topological polar surface area (TPSA) is 15.3 Å². The first-order chi connectivity index (χ1) is 7.22. The minimum atomic E-state index is 0.866. The molecule has 0 bridgehead atoms. The van der Waals surface area contributed by atoms with Gasteiger partial charge in [0, 0.05) is 6.54 Å². The maximum atomic E-state index is 3.46. The Morgan fingerprint density at radius 1 is 1.40 bits per heavy atom. The molecule has 1 heterocycles. The monoisotopic (exact) mass is 212 g/mol. The number of hydrogen-bond acceptors (Lipinski definition) is 2. The van der Waals surface area contributed by atoms with Gasteiger partial charge in [0.15, 0.2) is 0 Å². The zero-order chi connectivity index (χ0) is 11.1. The fourth-order valence-electron chi connectivity index (χ4n) is 2.35. The van der Waals surface area contributed by atoms with Gasteiger partial charge in [-0.05, 0) is 57.3 Å². The van der Waals surface area contributed by atoms with Crippen molar-refractivity contribution in [2.24, 2.45) is 11.8 Å². The summed E-state index contributed by atoms with van der Waals surface area (Å²) in [5.74, 6) is 1.77. The van der Waals surface area contributed by atoms with E-state index in [0.717, 1.165) is 18.4 Å². The van der Waals surface area contributed by atoms with Gasteiger partial charge in [0.25, 0.3) is 0 Å². The first kappa shape index (κ1) is 13.0. The van der Waals surface area contributed by atoms with E-state index in [4.69, 9.17) is 0 Å². The van der Waals surface area contributed by atoms with Crippen LogP contribution in [0.25, 0.3) is 0 Å². The number of rotatable bonds is 7. The highest BCUT2D eigenvalue weighted by atomic mass is 15.1. The van der Waals surface area contributed by atoms with Gasteiger partial charge >= 0.3 is 0 Å². The van der Waals surface area contributed by atoms with E-state index in [-0.39, 0.29) is 0 Å². The van der Waals surface area contributed by atoms with Gasteiger partial charge in [-0.15, -0.1) is 0 Å². The average molecular weight is 212 g/mol. The maximum Gasteiger partial charge on any atom is 0.00223 e. The zero-order valence-electron chi connectivity index (χ0n) is 10.8. The van der Waals surface area contributed by atoms with Crippen molar-refractivity contribution >= 4 is 0 Å². The van der Waals surface area contributed by atoms with Crippen molar-refractivity contribution in [2.45, 2.75) is 40.0 Å². The van der Waals surface area contributed by atoms with Crippen LogP contribution in [-0.4, -0.2) is 37.6 Å². The van der Waals surface area contributed by atoms with Crippen LogP contribution < -0.4 is 5.32 Å². The van der Waals surface area contributed by atoms with Crippen LogP contribution >= 0.6 is 0 Å². The van der Waals surface area contributed by atoms with Gasteiger partial charge in [0.05, 0.1) is 0 Å². The van der Waals surface area contributed by atoms with E-state index in [0.29, 0.717) is 0 Å². The molecule has 0 amide bonds. The van der Waals surface area contributed by atoms with E-state index in [9.17, 15) is 0 Å². The smallest absolute Gasteiger partial charge is 0.00223 e. The zero-order valence-corrected chi connectivity index (χ0v) is 10.8. The lowest BCUT2D eigenvalue weighted by atomic mass is 10.1. The molecule has 15 heavy (non-hydrogen) atoms. The third-order valence-electron chi connectivity index (χ3n) is 3.31. The molecule has 1 fully saturated rings. The molecule has 0 spiro atoms. The van der Waals surface area contributed by atoms with Crippen LogP contribution in [0.2, 0.25) is 0 Å². The molecule has 2 heteroatoms. The van der Waals surface area contributed by atoms with Gasteiger partial charge in [0.2, 0.25) is 0 Å². The average Bonchev–Trinajstić information content (AvgIpc) is 2.62. The molecule has 1 aliphatic heterocycles. The lowest BCUT2D eigenvalue weighted by Crippen LogP contribution is -2.27. The molecule has 0 saturated carbocycles. The molecule has 0 aromatic rings. The summed E-state index contributed by atoms with van der Waals surface area (Å²) < 4.78 is 0. The number of likely N-dealkylation sites (tertiary alicyclic amines) is 1. The molecule has 1 rings (SSSR count). The van der Waals surface area contributed by atoms with Gasteiger partial charge in [-0.3, -0.25) is 0 Å². The number of nitrogens with one attached hydrogen (secondary N) is 1. The predicted octanol–water partition coefficient (Wildman–Crippen LogP) is 2.35. The summed E-state index contributed by atoms with van der Waals surface area (Å²) in [5, 5.41) is 3.46. The van der Waals surface area contributed by atoms with Crippen LogP contribution in [0.15, 0.2) is 0 Å². The van der Waals surface area contributed by atoms with Crippen LogP contribution in [0.3, 0.4) is 0 Å². The third-order valence-corrected chi connectivity index (χ3v) is 3.31. The van der Waals surface area contributed by atoms with Crippen molar-refractivity contribution in [3.8, 4) is 0 Å². The van der Waals surface area contributed by atoms with E-state index in [1.54, 1.807) is 0 Å². The van der Waals surface area contributed by atoms with E-state index in [1.165, 1.54) is 45.4 Å². The van der Waals surface area contributed by atoms with Crippen molar-refractivity contribution < 1.29 is 0 Å². The molecule has 1 atom stereocenters. The highest BCUT2D eigenvalue weighted by Gasteiger charge is 2.21. The molecule has 2 nitrogen and oxygen atoms in total. The molecule has 0 aliphatic carbocycles. The van der Waals surface area contributed by atoms with Crippen LogP contribution in [-0.2, 0) is 0 Å². The van der Waals surface area contributed by atoms with Gasteiger partial charge in [-0.25, -0.2) is 0 Å². The first-order valence-corrected chi connectivity index (χ1v) is 6.65. The molecule has 1 N–H and O–H groups in total. The molecular weight excluding hydrogens is 184 g/mol. The second kappa shape index (κ2) is 7.24. The van der Waals surface area contributed by atoms with Crippen LogP contribution in [0, 0.1) is 11.8 Å². The second-order valence-electron chi connectivity index (χ2n) is 5.30.